The van der Waals surface area contributed by atoms with Gasteiger partial charge in [-0.2, -0.15) is 5.26 Å². The minimum atomic E-state index is -0.685. The predicted molar refractivity (Wildman–Crippen MR) is 409 cm³/mol. The quantitative estimate of drug-likeness (QED) is 0.140. The summed E-state index contributed by atoms with van der Waals surface area (Å²) in [5.41, 5.74) is 23.2. The van der Waals surface area contributed by atoms with Crippen LogP contribution in [0.3, 0.4) is 0 Å². The molecule has 4 aromatic heterocycles. The molecule has 2 aliphatic rings. The van der Waals surface area contributed by atoms with Gasteiger partial charge in [0.2, 0.25) is 5.69 Å². The molecule has 4 heterocycles. The molecule has 19 aromatic rings. The molecule has 21 rings (SSSR count). The molecule has 15 aromatic carbocycles. The second-order valence-electron chi connectivity index (χ2n) is 26.6. The fourth-order valence-corrected chi connectivity index (χ4v) is 18.5. The van der Waals surface area contributed by atoms with Crippen LogP contribution in [0.15, 0.2) is 340 Å². The fourth-order valence-electron chi connectivity index (χ4n) is 18.5. The van der Waals surface area contributed by atoms with E-state index in [0.717, 1.165) is 109 Å². The molecule has 0 unspecified atom stereocenters. The van der Waals surface area contributed by atoms with E-state index in [1.807, 2.05) is 0 Å². The topological polar surface area (TPSA) is 47.9 Å². The van der Waals surface area contributed by atoms with Crippen LogP contribution in [0.2, 0.25) is 0 Å². The van der Waals surface area contributed by atoms with Gasteiger partial charge in [0, 0.05) is 43.1 Å². The SMILES string of the molecule is [C-]#[N+]c1c(-n2c3ccccc3c3ccccc32)c(-n2c3ccccc3c3c4c(ccc32)C(c2ccccc2)(c2ccccc2)c2ccccc2-4)c(-n2c3ccccc3c3ccccc32)c(C#N)c1-n1c2ccccc2c2c3c(ccc21)C(c1ccccc1)(c1ccccc1)c1ccccc1-3. The summed E-state index contributed by atoms with van der Waals surface area (Å²) in [5, 5.41) is 21.6. The number of fused-ring (bicyclic) bond motifs is 20. The van der Waals surface area contributed by atoms with Gasteiger partial charge in [-0.25, -0.2) is 4.85 Å². The zero-order chi connectivity index (χ0) is 66.0. The van der Waals surface area contributed by atoms with Crippen LogP contribution in [0.5, 0.6) is 0 Å². The molecule has 0 aliphatic heterocycles. The van der Waals surface area contributed by atoms with E-state index in [4.69, 9.17) is 4.85 Å². The van der Waals surface area contributed by atoms with Gasteiger partial charge < -0.3 is 18.3 Å². The third kappa shape index (κ3) is 7.07. The third-order valence-electron chi connectivity index (χ3n) is 22.2. The number of aromatic nitrogens is 4. The molecule has 462 valence electrons. The lowest BCUT2D eigenvalue weighted by atomic mass is 9.67. The average Bonchev–Trinajstić information content (AvgIpc) is 1.50. The summed E-state index contributed by atoms with van der Waals surface area (Å²) >= 11 is 0. The van der Waals surface area contributed by atoms with Crippen molar-refractivity contribution in [2.75, 3.05) is 0 Å². The highest BCUT2D eigenvalue weighted by Crippen LogP contribution is 2.62. The molecule has 0 saturated heterocycles. The Balaban J connectivity index is 0.993. The molecular formula is C94H56N6. The molecule has 0 fully saturated rings. The van der Waals surface area contributed by atoms with Crippen molar-refractivity contribution in [1.82, 2.24) is 18.3 Å². The van der Waals surface area contributed by atoms with Crippen LogP contribution in [-0.4, -0.2) is 18.3 Å². The Morgan fingerprint density at radius 2 is 0.550 bits per heavy atom. The molecule has 0 amide bonds. The first kappa shape index (κ1) is 55.7. The fraction of sp³-hybridized carbons (Fsp3) is 0.0213. The van der Waals surface area contributed by atoms with Gasteiger partial charge in [-0.05, 0) is 115 Å². The summed E-state index contributed by atoms with van der Waals surface area (Å²) in [4.78, 5) is 5.02. The van der Waals surface area contributed by atoms with Gasteiger partial charge in [-0.15, -0.1) is 0 Å². The zero-order valence-electron chi connectivity index (χ0n) is 54.0. The van der Waals surface area contributed by atoms with Gasteiger partial charge in [-0.1, -0.05) is 291 Å². The van der Waals surface area contributed by atoms with Gasteiger partial charge in [0.1, 0.15) is 6.07 Å². The molecule has 0 bridgehead atoms. The van der Waals surface area contributed by atoms with E-state index in [2.05, 4.69) is 364 Å². The number of para-hydroxylation sites is 6. The molecule has 100 heavy (non-hydrogen) atoms. The van der Waals surface area contributed by atoms with Crippen molar-refractivity contribution < 1.29 is 0 Å². The van der Waals surface area contributed by atoms with Crippen LogP contribution in [0.4, 0.5) is 5.69 Å². The maximum absolute atomic E-state index is 13.2. The van der Waals surface area contributed by atoms with Crippen LogP contribution >= 0.6 is 0 Å². The monoisotopic (exact) mass is 1270 g/mol. The van der Waals surface area contributed by atoms with E-state index in [1.165, 1.54) is 44.5 Å². The second-order valence-corrected chi connectivity index (χ2v) is 26.6. The highest BCUT2D eigenvalue weighted by Gasteiger charge is 2.49. The molecule has 0 saturated carbocycles. The Morgan fingerprint density at radius 1 is 0.260 bits per heavy atom. The largest absolute Gasteiger partial charge is 0.317 e. The molecule has 6 nitrogen and oxygen atoms in total. The van der Waals surface area contributed by atoms with Crippen molar-refractivity contribution in [2.24, 2.45) is 0 Å². The molecule has 0 spiro atoms. The van der Waals surface area contributed by atoms with Crippen molar-refractivity contribution >= 4 is 92.9 Å². The van der Waals surface area contributed by atoms with E-state index in [9.17, 15) is 11.8 Å². The summed E-state index contributed by atoms with van der Waals surface area (Å²) in [6.45, 7) is 10.3. The van der Waals surface area contributed by atoms with E-state index < -0.39 is 10.8 Å². The van der Waals surface area contributed by atoms with Crippen molar-refractivity contribution in [3.63, 3.8) is 0 Å². The molecule has 0 atom stereocenters. The lowest BCUT2D eigenvalue weighted by Crippen LogP contribution is -2.28. The van der Waals surface area contributed by atoms with Crippen LogP contribution in [0.1, 0.15) is 50.1 Å². The normalized spacial score (nSPS) is 13.3. The molecule has 0 N–H and O–H groups in total. The number of benzene rings is 15. The van der Waals surface area contributed by atoms with Gasteiger partial charge in [0.25, 0.3) is 0 Å². The smallest absolute Gasteiger partial charge is 0.237 e. The summed E-state index contributed by atoms with van der Waals surface area (Å²) < 4.78 is 9.41. The first-order valence-corrected chi connectivity index (χ1v) is 34.2. The third-order valence-corrected chi connectivity index (χ3v) is 22.2. The van der Waals surface area contributed by atoms with Gasteiger partial charge in [-0.3, -0.25) is 0 Å². The average molecular weight is 1270 g/mol. The maximum Gasteiger partial charge on any atom is 0.237 e. The first-order chi connectivity index (χ1) is 49.6. The van der Waals surface area contributed by atoms with Gasteiger partial charge in [0.15, 0.2) is 0 Å². The van der Waals surface area contributed by atoms with Gasteiger partial charge >= 0.3 is 0 Å². The van der Waals surface area contributed by atoms with E-state index >= 15 is 0 Å². The molecule has 2 aliphatic carbocycles. The van der Waals surface area contributed by atoms with Crippen LogP contribution in [-0.2, 0) is 10.8 Å². The lowest BCUT2D eigenvalue weighted by Gasteiger charge is -2.34. The Labute approximate surface area is 576 Å². The minimum Gasteiger partial charge on any atom is -0.317 e. The van der Waals surface area contributed by atoms with Crippen molar-refractivity contribution in [3.8, 4) is 51.1 Å². The number of hydrogen-bond acceptors (Lipinski definition) is 1. The van der Waals surface area contributed by atoms with E-state index in [0.29, 0.717) is 34.0 Å². The van der Waals surface area contributed by atoms with Crippen LogP contribution in [0, 0.1) is 17.9 Å². The van der Waals surface area contributed by atoms with Crippen molar-refractivity contribution in [3.05, 3.63) is 401 Å². The predicted octanol–water partition coefficient (Wildman–Crippen LogP) is 23.2. The lowest BCUT2D eigenvalue weighted by molar-refractivity contribution is 0.769. The number of rotatable bonds is 8. The van der Waals surface area contributed by atoms with E-state index in [-0.39, 0.29) is 0 Å². The van der Waals surface area contributed by atoms with Crippen LogP contribution in [0.25, 0.3) is 137 Å². The Kier molecular flexibility index (Phi) is 11.7. The second kappa shape index (κ2) is 21.0. The first-order valence-electron chi connectivity index (χ1n) is 34.2. The summed E-state index contributed by atoms with van der Waals surface area (Å²) in [6, 6.07) is 126. The highest BCUT2D eigenvalue weighted by molar-refractivity contribution is 6.22. The van der Waals surface area contributed by atoms with Gasteiger partial charge in [0.05, 0.1) is 89.8 Å². The Hall–Kier alpha value is -13.5. The molecular weight excluding hydrogens is 1210 g/mol. The number of hydrogen-bond donors (Lipinski definition) is 0. The summed E-state index contributed by atoms with van der Waals surface area (Å²) in [7, 11) is 0. The summed E-state index contributed by atoms with van der Waals surface area (Å²) in [6.07, 6.45) is 0. The van der Waals surface area contributed by atoms with Crippen molar-refractivity contribution in [2.45, 2.75) is 10.8 Å². The number of nitriles is 1. The zero-order valence-corrected chi connectivity index (χ0v) is 54.0. The van der Waals surface area contributed by atoms with Crippen molar-refractivity contribution in [1.29, 1.82) is 5.26 Å². The van der Waals surface area contributed by atoms with E-state index in [1.54, 1.807) is 0 Å². The highest BCUT2D eigenvalue weighted by atomic mass is 15.1. The standard InChI is InChI=1S/C94H56N6/c1-96-88-89(99-80-52-28-20-44-69(80)86-82(99)56-54-74-84(86)67-42-14-22-46-72(67)93(74,59-30-6-2-7-31-59)60-32-8-3-9-33-60)71(58-95)90(97-76-48-24-16-38-63(76)64-39-17-25-49-77(64)97)92(91(88)98-78-50-26-18-40-65(78)66-41-19-27-51-79(66)98)100-81-53-29-21-45-70(81)87-83(100)57-55-75-85(87)68-43-15-23-47-73(68)94(75,61-34-10-4-11-35-61)62-36-12-5-13-37-62/h2-57H. The van der Waals surface area contributed by atoms with Crippen LogP contribution < -0.4 is 0 Å². The summed E-state index contributed by atoms with van der Waals surface area (Å²) in [5.74, 6) is 0. The number of nitrogens with zero attached hydrogens (tertiary/aromatic N) is 6. The molecule has 0 radical (unpaired) electrons. The minimum absolute atomic E-state index is 0.332. The molecule has 6 heteroatoms. The Morgan fingerprint density at radius 3 is 0.910 bits per heavy atom. The maximum atomic E-state index is 13.2. The Bertz CT molecular complexity index is 6450.